The Kier molecular flexibility index (Phi) is 3.45. The zero-order chi connectivity index (χ0) is 10.6. The average molecular weight is 194 g/mol. The van der Waals surface area contributed by atoms with Crippen LogP contribution in [0.15, 0.2) is 18.3 Å². The van der Waals surface area contributed by atoms with Crippen LogP contribution in [0.25, 0.3) is 6.08 Å². The van der Waals surface area contributed by atoms with Gasteiger partial charge >= 0.3 is 5.97 Å². The lowest BCUT2D eigenvalue weighted by atomic mass is 10.2. The van der Waals surface area contributed by atoms with Crippen LogP contribution in [0.4, 0.5) is 0 Å². The van der Waals surface area contributed by atoms with Crippen LogP contribution in [0.2, 0.25) is 0 Å². The first kappa shape index (κ1) is 10.5. The van der Waals surface area contributed by atoms with Gasteiger partial charge in [0.2, 0.25) is 0 Å². The summed E-state index contributed by atoms with van der Waals surface area (Å²) >= 11 is 0. The minimum Gasteiger partial charge on any atom is -0.478 e. The molecule has 0 aliphatic heterocycles. The second-order valence-corrected chi connectivity index (χ2v) is 3.53. The van der Waals surface area contributed by atoms with Gasteiger partial charge in [-0.25, -0.2) is 4.79 Å². The molecule has 0 saturated heterocycles. The number of carboxylic acid groups (broad SMARTS) is 1. The van der Waals surface area contributed by atoms with Crippen LogP contribution < -0.4 is 0 Å². The molecule has 0 fully saturated rings. The molecule has 0 bridgehead atoms. The van der Waals surface area contributed by atoms with Crippen LogP contribution in [-0.2, 0) is 11.3 Å². The highest BCUT2D eigenvalue weighted by Gasteiger charge is 1.98. The molecular formula is C10H14N2O2. The minimum absolute atomic E-state index is 0.534. The van der Waals surface area contributed by atoms with Gasteiger partial charge in [0, 0.05) is 18.8 Å². The van der Waals surface area contributed by atoms with Crippen molar-refractivity contribution in [1.29, 1.82) is 0 Å². The topological polar surface area (TPSA) is 55.1 Å². The van der Waals surface area contributed by atoms with Crippen molar-refractivity contribution in [1.82, 2.24) is 9.78 Å². The Labute approximate surface area is 82.9 Å². The molecule has 0 aliphatic rings. The number of carbonyl (C=O) groups is 1. The Bertz CT molecular complexity index is 340. The summed E-state index contributed by atoms with van der Waals surface area (Å²) in [5, 5.41) is 12.6. The maximum atomic E-state index is 10.2. The van der Waals surface area contributed by atoms with E-state index < -0.39 is 5.97 Å². The standard InChI is InChI=1S/C10H14N2O2/c1-8(2)7-12-6-5-9(11-12)3-4-10(13)14/h3-6,8H,7H2,1-2H3,(H,13,14)/b4-3+. The van der Waals surface area contributed by atoms with Crippen LogP contribution in [0, 0.1) is 5.92 Å². The van der Waals surface area contributed by atoms with Crippen molar-refractivity contribution in [2.45, 2.75) is 20.4 Å². The predicted octanol–water partition coefficient (Wildman–Crippen LogP) is 1.64. The zero-order valence-electron chi connectivity index (χ0n) is 8.34. The first-order valence-corrected chi connectivity index (χ1v) is 4.52. The van der Waals surface area contributed by atoms with Crippen LogP contribution in [0.3, 0.4) is 0 Å². The first-order chi connectivity index (χ1) is 6.58. The van der Waals surface area contributed by atoms with E-state index in [9.17, 15) is 4.79 Å². The van der Waals surface area contributed by atoms with Gasteiger partial charge in [0.1, 0.15) is 0 Å². The molecule has 0 amide bonds. The molecule has 4 heteroatoms. The van der Waals surface area contributed by atoms with Crippen LogP contribution in [0.1, 0.15) is 19.5 Å². The SMILES string of the molecule is CC(C)Cn1ccc(/C=C/C(=O)O)n1. The number of hydrogen-bond acceptors (Lipinski definition) is 2. The molecule has 0 spiro atoms. The molecule has 76 valence electrons. The lowest BCUT2D eigenvalue weighted by molar-refractivity contribution is -0.131. The van der Waals surface area contributed by atoms with E-state index in [0.29, 0.717) is 11.6 Å². The summed E-state index contributed by atoms with van der Waals surface area (Å²) in [7, 11) is 0. The summed E-state index contributed by atoms with van der Waals surface area (Å²) < 4.78 is 1.81. The van der Waals surface area contributed by atoms with Gasteiger partial charge in [0.05, 0.1) is 5.69 Å². The van der Waals surface area contributed by atoms with E-state index >= 15 is 0 Å². The normalized spacial score (nSPS) is 11.4. The van der Waals surface area contributed by atoms with Crippen molar-refractivity contribution in [2.75, 3.05) is 0 Å². The molecule has 0 aromatic carbocycles. The van der Waals surface area contributed by atoms with Gasteiger partial charge in [-0.15, -0.1) is 0 Å². The van der Waals surface area contributed by atoms with Crippen molar-refractivity contribution >= 4 is 12.0 Å². The maximum Gasteiger partial charge on any atom is 0.328 e. The summed E-state index contributed by atoms with van der Waals surface area (Å²) in [6.07, 6.45) is 4.42. The Morgan fingerprint density at radius 3 is 3.00 bits per heavy atom. The van der Waals surface area contributed by atoms with Gasteiger partial charge in [0.25, 0.3) is 0 Å². The molecule has 1 heterocycles. The molecule has 1 N–H and O–H groups in total. The number of carboxylic acids is 1. The molecule has 1 aromatic heterocycles. The highest BCUT2D eigenvalue weighted by molar-refractivity contribution is 5.84. The number of rotatable bonds is 4. The lowest BCUT2D eigenvalue weighted by Gasteiger charge is -2.03. The van der Waals surface area contributed by atoms with Crippen molar-refractivity contribution in [3.05, 3.63) is 24.0 Å². The van der Waals surface area contributed by atoms with Crippen LogP contribution in [-0.4, -0.2) is 20.9 Å². The monoisotopic (exact) mass is 194 g/mol. The maximum absolute atomic E-state index is 10.2. The number of nitrogens with zero attached hydrogens (tertiary/aromatic N) is 2. The fourth-order valence-electron chi connectivity index (χ4n) is 1.10. The average Bonchev–Trinajstić information content (AvgIpc) is 2.47. The van der Waals surface area contributed by atoms with Gasteiger partial charge in [-0.05, 0) is 18.1 Å². The summed E-state index contributed by atoms with van der Waals surface area (Å²) in [5.41, 5.74) is 0.674. The molecule has 1 rings (SSSR count). The summed E-state index contributed by atoms with van der Waals surface area (Å²) in [6.45, 7) is 5.06. The van der Waals surface area contributed by atoms with E-state index in [4.69, 9.17) is 5.11 Å². The quantitative estimate of drug-likeness (QED) is 0.741. The smallest absolute Gasteiger partial charge is 0.328 e. The summed E-state index contributed by atoms with van der Waals surface area (Å²) in [6, 6.07) is 1.79. The first-order valence-electron chi connectivity index (χ1n) is 4.52. The van der Waals surface area contributed by atoms with Gasteiger partial charge < -0.3 is 5.11 Å². The molecule has 0 saturated carbocycles. The number of aliphatic carboxylic acids is 1. The van der Waals surface area contributed by atoms with E-state index in [1.165, 1.54) is 6.08 Å². The molecular weight excluding hydrogens is 180 g/mol. The summed E-state index contributed by atoms with van der Waals surface area (Å²) in [5.74, 6) is -0.422. The largest absolute Gasteiger partial charge is 0.478 e. The zero-order valence-corrected chi connectivity index (χ0v) is 8.34. The van der Waals surface area contributed by atoms with Gasteiger partial charge in [-0.2, -0.15) is 5.10 Å². The predicted molar refractivity (Wildman–Crippen MR) is 53.7 cm³/mol. The highest BCUT2D eigenvalue weighted by atomic mass is 16.4. The Morgan fingerprint density at radius 2 is 2.43 bits per heavy atom. The van der Waals surface area contributed by atoms with E-state index in [0.717, 1.165) is 12.6 Å². The summed E-state index contributed by atoms with van der Waals surface area (Å²) in [4.78, 5) is 10.2. The second-order valence-electron chi connectivity index (χ2n) is 3.53. The Balaban J connectivity index is 2.63. The third kappa shape index (κ3) is 3.43. The molecule has 14 heavy (non-hydrogen) atoms. The molecule has 0 unspecified atom stereocenters. The van der Waals surface area contributed by atoms with Gasteiger partial charge in [-0.3, -0.25) is 4.68 Å². The van der Waals surface area contributed by atoms with Crippen molar-refractivity contribution in [3.63, 3.8) is 0 Å². The fourth-order valence-corrected chi connectivity index (χ4v) is 1.10. The lowest BCUT2D eigenvalue weighted by Crippen LogP contribution is -2.04. The van der Waals surface area contributed by atoms with Crippen molar-refractivity contribution in [3.8, 4) is 0 Å². The van der Waals surface area contributed by atoms with E-state index in [2.05, 4.69) is 18.9 Å². The second kappa shape index (κ2) is 4.60. The van der Waals surface area contributed by atoms with E-state index in [1.807, 2.05) is 10.9 Å². The van der Waals surface area contributed by atoms with Crippen molar-refractivity contribution < 1.29 is 9.90 Å². The third-order valence-corrected chi connectivity index (χ3v) is 1.61. The van der Waals surface area contributed by atoms with Gasteiger partial charge in [-0.1, -0.05) is 13.8 Å². The van der Waals surface area contributed by atoms with Crippen LogP contribution >= 0.6 is 0 Å². The highest BCUT2D eigenvalue weighted by Crippen LogP contribution is 2.02. The van der Waals surface area contributed by atoms with Gasteiger partial charge in [0.15, 0.2) is 0 Å². The Morgan fingerprint density at radius 1 is 1.71 bits per heavy atom. The molecule has 1 aromatic rings. The molecule has 0 radical (unpaired) electrons. The van der Waals surface area contributed by atoms with Crippen molar-refractivity contribution in [2.24, 2.45) is 5.92 Å². The molecule has 4 nitrogen and oxygen atoms in total. The van der Waals surface area contributed by atoms with E-state index in [1.54, 1.807) is 6.07 Å². The molecule has 0 atom stereocenters. The minimum atomic E-state index is -0.955. The number of hydrogen-bond donors (Lipinski definition) is 1. The third-order valence-electron chi connectivity index (χ3n) is 1.61. The van der Waals surface area contributed by atoms with Crippen LogP contribution in [0.5, 0.6) is 0 Å². The number of aromatic nitrogens is 2. The Hall–Kier alpha value is -1.58. The van der Waals surface area contributed by atoms with E-state index in [-0.39, 0.29) is 0 Å². The fraction of sp³-hybridized carbons (Fsp3) is 0.400. The molecule has 0 aliphatic carbocycles.